The molecule has 154 valence electrons. The molecule has 28 heavy (non-hydrogen) atoms. The van der Waals surface area contributed by atoms with Crippen LogP contribution < -0.4 is 5.32 Å². The summed E-state index contributed by atoms with van der Waals surface area (Å²) in [6.45, 7) is 2.63. The van der Waals surface area contributed by atoms with Gasteiger partial charge < -0.3 is 19.4 Å². The molecule has 1 N–H and O–H groups in total. The molecule has 2 amide bonds. The fraction of sp³-hybridized carbons (Fsp3) is 0.500. The molecule has 1 aromatic rings. The first-order valence-corrected chi connectivity index (χ1v) is 8.61. The molecule has 2 heterocycles. The maximum atomic E-state index is 14.2. The summed E-state index contributed by atoms with van der Waals surface area (Å²) >= 11 is 0. The summed E-state index contributed by atoms with van der Waals surface area (Å²) in [5, 5.41) is 1.78. The molecule has 7 nitrogen and oxygen atoms in total. The van der Waals surface area contributed by atoms with Crippen molar-refractivity contribution in [3.8, 4) is 0 Å². The number of carbonyl (C=O) groups excluding carboxylic acids is 3. The van der Waals surface area contributed by atoms with Crippen molar-refractivity contribution in [3.05, 3.63) is 35.4 Å². The number of alkyl halides is 3. The Balaban J connectivity index is 2.58. The molecule has 1 atom stereocenters. The van der Waals surface area contributed by atoms with E-state index in [-0.39, 0.29) is 24.4 Å². The molecule has 0 aliphatic carbocycles. The summed E-state index contributed by atoms with van der Waals surface area (Å²) in [7, 11) is 0.905. The van der Waals surface area contributed by atoms with E-state index in [9.17, 15) is 27.6 Å². The minimum absolute atomic E-state index is 0.215. The highest BCUT2D eigenvalue weighted by molar-refractivity contribution is 6.10. The SMILES string of the molecule is CCCCC(=O)N[C@@]1(C(F)(F)F)C(=O)N(Cc2ccco2)C(C)=C1C(=O)OC. The number of esters is 1. The second-order valence-electron chi connectivity index (χ2n) is 6.32. The summed E-state index contributed by atoms with van der Waals surface area (Å²) in [4.78, 5) is 38.1. The number of rotatable bonds is 7. The van der Waals surface area contributed by atoms with Gasteiger partial charge in [-0.3, -0.25) is 9.59 Å². The largest absolute Gasteiger partial charge is 0.467 e. The monoisotopic (exact) mass is 402 g/mol. The molecule has 1 aromatic heterocycles. The van der Waals surface area contributed by atoms with E-state index >= 15 is 0 Å². The third kappa shape index (κ3) is 3.63. The standard InChI is InChI=1S/C18H21F3N2O5/c1-4-5-8-13(24)22-17(18(19,20)21)14(15(25)27-3)11(2)23(16(17)26)10-12-7-6-9-28-12/h6-7,9H,4-5,8,10H2,1-3H3,(H,22,24)/t17-/m1/s1. The van der Waals surface area contributed by atoms with Crippen LogP contribution in [0.4, 0.5) is 13.2 Å². The van der Waals surface area contributed by atoms with Gasteiger partial charge in [0.1, 0.15) is 11.3 Å². The number of methoxy groups -OCH3 is 1. The zero-order chi connectivity index (χ0) is 21.1. The molecule has 0 saturated carbocycles. The van der Waals surface area contributed by atoms with Crippen LogP contribution >= 0.6 is 0 Å². The number of halogens is 3. The Morgan fingerprint density at radius 1 is 1.36 bits per heavy atom. The number of carbonyl (C=O) groups is 3. The van der Waals surface area contributed by atoms with Crippen molar-refractivity contribution in [2.75, 3.05) is 7.11 Å². The van der Waals surface area contributed by atoms with Gasteiger partial charge in [-0.25, -0.2) is 4.79 Å². The predicted molar refractivity (Wildman–Crippen MR) is 90.4 cm³/mol. The van der Waals surface area contributed by atoms with Gasteiger partial charge in [-0.05, 0) is 25.5 Å². The van der Waals surface area contributed by atoms with Crippen molar-refractivity contribution in [3.63, 3.8) is 0 Å². The van der Waals surface area contributed by atoms with Gasteiger partial charge in [-0.2, -0.15) is 13.2 Å². The van der Waals surface area contributed by atoms with Crippen molar-refractivity contribution in [2.24, 2.45) is 0 Å². The van der Waals surface area contributed by atoms with E-state index in [1.165, 1.54) is 25.3 Å². The molecule has 0 aromatic carbocycles. The van der Waals surface area contributed by atoms with Crippen molar-refractivity contribution < 1.29 is 36.7 Å². The maximum absolute atomic E-state index is 14.2. The van der Waals surface area contributed by atoms with Crippen molar-refractivity contribution in [1.29, 1.82) is 0 Å². The van der Waals surface area contributed by atoms with E-state index in [4.69, 9.17) is 4.42 Å². The molecular weight excluding hydrogens is 381 g/mol. The Bertz CT molecular complexity index is 786. The minimum Gasteiger partial charge on any atom is -0.467 e. The second kappa shape index (κ2) is 8.07. The quantitative estimate of drug-likeness (QED) is 0.709. The first kappa shape index (κ1) is 21.5. The Hall–Kier alpha value is -2.78. The van der Waals surface area contributed by atoms with Crippen molar-refractivity contribution in [2.45, 2.75) is 51.4 Å². The number of furan rings is 1. The van der Waals surface area contributed by atoms with Gasteiger partial charge in [0.15, 0.2) is 0 Å². The second-order valence-corrected chi connectivity index (χ2v) is 6.32. The molecule has 1 aliphatic rings. The summed E-state index contributed by atoms with van der Waals surface area (Å²) in [6.07, 6.45) is -3.27. The molecule has 2 rings (SSSR count). The smallest absolute Gasteiger partial charge is 0.425 e. The normalized spacial score (nSPS) is 19.9. The highest BCUT2D eigenvalue weighted by Crippen LogP contribution is 2.45. The van der Waals surface area contributed by atoms with Crippen LogP contribution in [0.2, 0.25) is 0 Å². The first-order chi connectivity index (χ1) is 13.1. The number of nitrogens with one attached hydrogen (secondary N) is 1. The van der Waals surface area contributed by atoms with E-state index in [0.717, 1.165) is 12.0 Å². The average Bonchev–Trinajstić information content (AvgIpc) is 3.21. The molecule has 1 aliphatic heterocycles. The van der Waals surface area contributed by atoms with Gasteiger partial charge in [-0.1, -0.05) is 13.3 Å². The highest BCUT2D eigenvalue weighted by atomic mass is 19.4. The molecule has 0 fully saturated rings. The van der Waals surface area contributed by atoms with E-state index in [1.54, 1.807) is 12.2 Å². The highest BCUT2D eigenvalue weighted by Gasteiger charge is 2.70. The first-order valence-electron chi connectivity index (χ1n) is 8.61. The fourth-order valence-corrected chi connectivity index (χ4v) is 3.08. The third-order valence-corrected chi connectivity index (χ3v) is 4.50. The van der Waals surface area contributed by atoms with E-state index in [2.05, 4.69) is 4.74 Å². The predicted octanol–water partition coefficient (Wildman–Crippen LogP) is 2.68. The summed E-state index contributed by atoms with van der Waals surface area (Å²) < 4.78 is 52.2. The Labute approximate surface area is 159 Å². The van der Waals surface area contributed by atoms with Crippen LogP contribution in [0.25, 0.3) is 0 Å². The third-order valence-electron chi connectivity index (χ3n) is 4.50. The number of hydrogen-bond acceptors (Lipinski definition) is 5. The number of allylic oxidation sites excluding steroid dienone is 1. The van der Waals surface area contributed by atoms with Crippen LogP contribution in [0.1, 0.15) is 38.9 Å². The molecule has 0 saturated heterocycles. The van der Waals surface area contributed by atoms with Gasteiger partial charge in [0, 0.05) is 12.1 Å². The van der Waals surface area contributed by atoms with Crippen LogP contribution in [0.5, 0.6) is 0 Å². The van der Waals surface area contributed by atoms with Crippen LogP contribution in [-0.4, -0.2) is 41.5 Å². The van der Waals surface area contributed by atoms with Crippen molar-refractivity contribution in [1.82, 2.24) is 10.2 Å². The van der Waals surface area contributed by atoms with Crippen LogP contribution in [0.15, 0.2) is 34.1 Å². The summed E-state index contributed by atoms with van der Waals surface area (Å²) in [5.41, 5.74) is -4.73. The van der Waals surface area contributed by atoms with E-state index in [0.29, 0.717) is 12.8 Å². The zero-order valence-electron chi connectivity index (χ0n) is 15.7. The number of nitrogens with zero attached hydrogens (tertiary/aromatic N) is 1. The lowest BCUT2D eigenvalue weighted by molar-refractivity contribution is -0.196. The molecule has 0 bridgehead atoms. The average molecular weight is 402 g/mol. The number of hydrogen-bond donors (Lipinski definition) is 1. The topological polar surface area (TPSA) is 88.9 Å². The molecule has 0 unspecified atom stereocenters. The van der Waals surface area contributed by atoms with Crippen LogP contribution in [-0.2, 0) is 25.7 Å². The van der Waals surface area contributed by atoms with E-state index in [1.807, 2.05) is 0 Å². The lowest BCUT2D eigenvalue weighted by Crippen LogP contribution is -2.66. The number of amides is 2. The van der Waals surface area contributed by atoms with Gasteiger partial charge in [-0.15, -0.1) is 0 Å². The van der Waals surface area contributed by atoms with Crippen LogP contribution in [0.3, 0.4) is 0 Å². The fourth-order valence-electron chi connectivity index (χ4n) is 3.08. The minimum atomic E-state index is -5.27. The van der Waals surface area contributed by atoms with Gasteiger partial charge in [0.2, 0.25) is 11.4 Å². The summed E-state index contributed by atoms with van der Waals surface area (Å²) in [6, 6.07) is 2.99. The van der Waals surface area contributed by atoms with E-state index < -0.39 is 35.1 Å². The Kier molecular flexibility index (Phi) is 6.20. The summed E-state index contributed by atoms with van der Waals surface area (Å²) in [5.74, 6) is -3.60. The van der Waals surface area contributed by atoms with Gasteiger partial charge in [0.25, 0.3) is 5.91 Å². The molecule has 10 heteroatoms. The molecule has 0 spiro atoms. The van der Waals surface area contributed by atoms with Gasteiger partial charge >= 0.3 is 12.1 Å². The Morgan fingerprint density at radius 3 is 2.54 bits per heavy atom. The lowest BCUT2D eigenvalue weighted by atomic mass is 9.89. The number of ether oxygens (including phenoxy) is 1. The zero-order valence-corrected chi connectivity index (χ0v) is 15.7. The lowest BCUT2D eigenvalue weighted by Gasteiger charge is -2.33. The van der Waals surface area contributed by atoms with Crippen molar-refractivity contribution >= 4 is 17.8 Å². The Morgan fingerprint density at radius 2 is 2.04 bits per heavy atom. The number of unbranched alkanes of at least 4 members (excludes halogenated alkanes) is 1. The van der Waals surface area contributed by atoms with Crippen LogP contribution in [0, 0.1) is 0 Å². The molecular formula is C18H21F3N2O5. The maximum Gasteiger partial charge on any atom is 0.425 e. The van der Waals surface area contributed by atoms with Gasteiger partial charge in [0.05, 0.1) is 19.9 Å². The molecule has 0 radical (unpaired) electrons.